The molecule has 0 saturated carbocycles. The van der Waals surface area contributed by atoms with Crippen molar-refractivity contribution in [2.75, 3.05) is 18.5 Å². The molecule has 0 bridgehead atoms. The largest absolute Gasteiger partial charge is 0.384 e. The number of amidine groups is 1. The number of nitrogen functional groups attached to an aromatic ring is 1. The molecule has 2 rings (SSSR count). The number of aromatic nitrogens is 1. The van der Waals surface area contributed by atoms with E-state index in [-0.39, 0.29) is 5.84 Å². The van der Waals surface area contributed by atoms with Crippen molar-refractivity contribution < 1.29 is 0 Å². The van der Waals surface area contributed by atoms with Crippen LogP contribution in [0.2, 0.25) is 0 Å². The molecule has 94 valence electrons. The summed E-state index contributed by atoms with van der Waals surface area (Å²) in [7, 11) is 1.98. The number of fused-ring (bicyclic) bond motifs is 1. The number of benzene rings is 1. The number of nitrogens with zero attached hydrogens (tertiary/aromatic N) is 2. The first-order valence-electron chi connectivity index (χ1n) is 6.08. The van der Waals surface area contributed by atoms with Gasteiger partial charge in [-0.15, -0.1) is 0 Å². The number of nitrogens with two attached hydrogens (primary N) is 1. The number of pyridine rings is 1. The average molecular weight is 242 g/mol. The number of anilines is 1. The third-order valence-corrected chi connectivity index (χ3v) is 2.91. The molecule has 2 aromatic rings. The highest BCUT2D eigenvalue weighted by atomic mass is 15.2. The van der Waals surface area contributed by atoms with E-state index >= 15 is 0 Å². The fourth-order valence-electron chi connectivity index (χ4n) is 2.04. The monoisotopic (exact) mass is 242 g/mol. The summed E-state index contributed by atoms with van der Waals surface area (Å²) in [5.41, 5.74) is 7.29. The number of hydrogen-bond acceptors (Lipinski definition) is 3. The number of hydrogen-bond donors (Lipinski definition) is 2. The number of para-hydroxylation sites is 1. The molecule has 0 aliphatic carbocycles. The maximum atomic E-state index is 7.69. The van der Waals surface area contributed by atoms with Gasteiger partial charge < -0.3 is 10.6 Å². The zero-order chi connectivity index (χ0) is 13.1. The van der Waals surface area contributed by atoms with E-state index in [1.54, 1.807) is 0 Å². The molecular formula is C14H18N4. The maximum Gasteiger partial charge on any atom is 0.140 e. The summed E-state index contributed by atoms with van der Waals surface area (Å²) in [5, 5.41) is 8.70. The van der Waals surface area contributed by atoms with E-state index in [0.29, 0.717) is 5.56 Å². The lowest BCUT2D eigenvalue weighted by molar-refractivity contribution is 0.839. The molecule has 1 aromatic carbocycles. The van der Waals surface area contributed by atoms with Crippen molar-refractivity contribution in [1.82, 2.24) is 4.98 Å². The first kappa shape index (κ1) is 12.4. The van der Waals surface area contributed by atoms with E-state index in [1.165, 1.54) is 0 Å². The lowest BCUT2D eigenvalue weighted by Gasteiger charge is -2.20. The van der Waals surface area contributed by atoms with Gasteiger partial charge in [0.15, 0.2) is 0 Å². The molecule has 0 fully saturated rings. The fraction of sp³-hybridized carbons (Fsp3) is 0.286. The van der Waals surface area contributed by atoms with Crippen LogP contribution in [-0.4, -0.2) is 24.4 Å². The summed E-state index contributed by atoms with van der Waals surface area (Å²) >= 11 is 0. The number of nitrogens with one attached hydrogen (secondary N) is 1. The van der Waals surface area contributed by atoms with Gasteiger partial charge in [-0.3, -0.25) is 5.41 Å². The Hall–Kier alpha value is -2.10. The van der Waals surface area contributed by atoms with Gasteiger partial charge in [0.1, 0.15) is 11.7 Å². The highest BCUT2D eigenvalue weighted by Gasteiger charge is 2.12. The Labute approximate surface area is 107 Å². The van der Waals surface area contributed by atoms with Crippen LogP contribution in [-0.2, 0) is 0 Å². The van der Waals surface area contributed by atoms with Crippen molar-refractivity contribution in [1.29, 1.82) is 5.41 Å². The Kier molecular flexibility index (Phi) is 3.46. The van der Waals surface area contributed by atoms with Gasteiger partial charge in [-0.1, -0.05) is 25.1 Å². The van der Waals surface area contributed by atoms with Gasteiger partial charge >= 0.3 is 0 Å². The lowest BCUT2D eigenvalue weighted by atomic mass is 10.1. The molecule has 4 heteroatoms. The maximum absolute atomic E-state index is 7.69. The van der Waals surface area contributed by atoms with Crippen molar-refractivity contribution in [3.8, 4) is 0 Å². The molecular weight excluding hydrogens is 224 g/mol. The van der Waals surface area contributed by atoms with E-state index in [4.69, 9.17) is 11.1 Å². The predicted octanol–water partition coefficient (Wildman–Crippen LogP) is 2.37. The summed E-state index contributed by atoms with van der Waals surface area (Å²) in [5.74, 6) is 0.842. The fourth-order valence-corrected chi connectivity index (χ4v) is 2.04. The molecule has 0 spiro atoms. The minimum Gasteiger partial charge on any atom is -0.384 e. The highest BCUT2D eigenvalue weighted by Crippen LogP contribution is 2.22. The third kappa shape index (κ3) is 2.27. The van der Waals surface area contributed by atoms with Crippen LogP contribution in [0.3, 0.4) is 0 Å². The Balaban J connectivity index is 2.61. The van der Waals surface area contributed by atoms with Crippen molar-refractivity contribution >= 4 is 22.6 Å². The normalized spacial score (nSPS) is 10.6. The van der Waals surface area contributed by atoms with Gasteiger partial charge in [-0.2, -0.15) is 0 Å². The Bertz CT molecular complexity index is 577. The van der Waals surface area contributed by atoms with Crippen LogP contribution >= 0.6 is 0 Å². The summed E-state index contributed by atoms with van der Waals surface area (Å²) in [6.45, 7) is 3.01. The smallest absolute Gasteiger partial charge is 0.140 e. The Morgan fingerprint density at radius 3 is 2.78 bits per heavy atom. The van der Waals surface area contributed by atoms with Gasteiger partial charge in [0.2, 0.25) is 0 Å². The Morgan fingerprint density at radius 2 is 2.11 bits per heavy atom. The Morgan fingerprint density at radius 1 is 1.39 bits per heavy atom. The second kappa shape index (κ2) is 5.04. The topological polar surface area (TPSA) is 66.0 Å². The summed E-state index contributed by atoms with van der Waals surface area (Å²) in [6.07, 6.45) is 1.03. The second-order valence-corrected chi connectivity index (χ2v) is 4.39. The molecule has 1 aromatic heterocycles. The van der Waals surface area contributed by atoms with E-state index < -0.39 is 0 Å². The first-order chi connectivity index (χ1) is 8.63. The molecule has 0 unspecified atom stereocenters. The molecule has 0 atom stereocenters. The zero-order valence-electron chi connectivity index (χ0n) is 10.8. The van der Waals surface area contributed by atoms with E-state index in [1.807, 2.05) is 42.3 Å². The highest BCUT2D eigenvalue weighted by molar-refractivity contribution is 6.02. The molecule has 3 N–H and O–H groups in total. The van der Waals surface area contributed by atoms with Gasteiger partial charge in [-0.05, 0) is 18.6 Å². The second-order valence-electron chi connectivity index (χ2n) is 4.39. The molecule has 0 aliphatic rings. The van der Waals surface area contributed by atoms with Crippen molar-refractivity contribution in [2.24, 2.45) is 5.73 Å². The molecule has 0 amide bonds. The first-order valence-corrected chi connectivity index (χ1v) is 6.08. The standard InChI is InChI=1S/C14H18N4/c1-3-8-18(2)14-11(13(15)16)9-10-6-4-5-7-12(10)17-14/h4-7,9H,3,8H2,1-2H3,(H3,15,16). The molecule has 0 saturated heterocycles. The van der Waals surface area contributed by atoms with Gasteiger partial charge in [0, 0.05) is 19.0 Å². The third-order valence-electron chi connectivity index (χ3n) is 2.91. The summed E-state index contributed by atoms with van der Waals surface area (Å²) < 4.78 is 0. The molecule has 18 heavy (non-hydrogen) atoms. The van der Waals surface area contributed by atoms with Crippen molar-refractivity contribution in [3.63, 3.8) is 0 Å². The van der Waals surface area contributed by atoms with Crippen LogP contribution in [0.5, 0.6) is 0 Å². The van der Waals surface area contributed by atoms with E-state index in [9.17, 15) is 0 Å². The zero-order valence-corrected chi connectivity index (χ0v) is 10.8. The molecule has 0 radical (unpaired) electrons. The minimum atomic E-state index is 0.0613. The van der Waals surface area contributed by atoms with Crippen LogP contribution in [0.25, 0.3) is 10.9 Å². The minimum absolute atomic E-state index is 0.0613. The quantitative estimate of drug-likeness (QED) is 0.639. The lowest BCUT2D eigenvalue weighted by Crippen LogP contribution is -2.24. The van der Waals surface area contributed by atoms with Gasteiger partial charge in [0.25, 0.3) is 0 Å². The van der Waals surface area contributed by atoms with Crippen LogP contribution in [0.15, 0.2) is 30.3 Å². The summed E-state index contributed by atoms with van der Waals surface area (Å²) in [6, 6.07) is 9.82. The molecule has 4 nitrogen and oxygen atoms in total. The molecule has 0 aliphatic heterocycles. The SMILES string of the molecule is CCCN(C)c1nc2ccccc2cc1C(=N)N. The van der Waals surface area contributed by atoms with Crippen molar-refractivity contribution in [2.45, 2.75) is 13.3 Å². The van der Waals surface area contributed by atoms with E-state index in [2.05, 4.69) is 11.9 Å². The van der Waals surface area contributed by atoms with Crippen LogP contribution < -0.4 is 10.6 Å². The van der Waals surface area contributed by atoms with Crippen LogP contribution in [0.1, 0.15) is 18.9 Å². The van der Waals surface area contributed by atoms with E-state index in [0.717, 1.165) is 29.7 Å². The van der Waals surface area contributed by atoms with Crippen LogP contribution in [0, 0.1) is 5.41 Å². The summed E-state index contributed by atoms with van der Waals surface area (Å²) in [4.78, 5) is 6.66. The predicted molar refractivity (Wildman–Crippen MR) is 76.3 cm³/mol. The molecule has 1 heterocycles. The number of rotatable bonds is 4. The average Bonchev–Trinajstić information content (AvgIpc) is 2.37. The van der Waals surface area contributed by atoms with Gasteiger partial charge in [-0.25, -0.2) is 4.98 Å². The van der Waals surface area contributed by atoms with Gasteiger partial charge in [0.05, 0.1) is 11.1 Å². The van der Waals surface area contributed by atoms with Crippen LogP contribution in [0.4, 0.5) is 5.82 Å². The van der Waals surface area contributed by atoms with Crippen molar-refractivity contribution in [3.05, 3.63) is 35.9 Å².